The summed E-state index contributed by atoms with van der Waals surface area (Å²) in [5.74, 6) is -1.31. The van der Waals surface area contributed by atoms with Crippen LogP contribution in [0.4, 0.5) is 5.69 Å². The van der Waals surface area contributed by atoms with Crippen LogP contribution < -0.4 is 16.0 Å². The molecule has 0 saturated carbocycles. The molecule has 3 aromatic carbocycles. The number of halogens is 1. The van der Waals surface area contributed by atoms with Gasteiger partial charge in [-0.1, -0.05) is 29.8 Å². The van der Waals surface area contributed by atoms with Gasteiger partial charge in [-0.05, 0) is 47.9 Å². The van der Waals surface area contributed by atoms with Crippen molar-refractivity contribution in [2.45, 2.75) is 0 Å². The normalized spacial score (nSPS) is 13.5. The summed E-state index contributed by atoms with van der Waals surface area (Å²) in [5, 5.41) is 15.2. The number of carbonyl (C=O) groups is 2. The van der Waals surface area contributed by atoms with E-state index in [0.717, 1.165) is 42.6 Å². The van der Waals surface area contributed by atoms with Crippen molar-refractivity contribution in [2.75, 3.05) is 31.1 Å². The summed E-state index contributed by atoms with van der Waals surface area (Å²) >= 11 is 5.56. The number of hydrogen-bond donors (Lipinski definition) is 3. The van der Waals surface area contributed by atoms with E-state index >= 15 is 0 Å². The Morgan fingerprint density at radius 1 is 0.966 bits per heavy atom. The molecule has 1 fully saturated rings. The number of fused-ring (bicyclic) bond motifs is 1. The molecule has 0 bridgehead atoms. The zero-order valence-electron chi connectivity index (χ0n) is 15.8. The molecule has 3 aromatic rings. The van der Waals surface area contributed by atoms with Crippen molar-refractivity contribution in [3.63, 3.8) is 0 Å². The van der Waals surface area contributed by atoms with Gasteiger partial charge in [-0.15, -0.1) is 0 Å². The molecule has 0 unspecified atom stereocenters. The molecule has 1 aliphatic heterocycles. The second-order valence-electron chi connectivity index (χ2n) is 6.63. The van der Waals surface area contributed by atoms with Crippen LogP contribution in [0.2, 0.25) is 5.02 Å². The van der Waals surface area contributed by atoms with Gasteiger partial charge in [0.25, 0.3) is 0 Å². The molecule has 150 valence electrons. The van der Waals surface area contributed by atoms with Crippen molar-refractivity contribution in [1.82, 2.24) is 5.32 Å². The topological polar surface area (TPSA) is 95.7 Å². The maximum atomic E-state index is 11.1. The highest BCUT2D eigenvalue weighted by Crippen LogP contribution is 2.28. The third kappa shape index (κ3) is 5.25. The molecule has 7 heteroatoms. The van der Waals surface area contributed by atoms with E-state index in [1.165, 1.54) is 0 Å². The number of rotatable bonds is 3. The standard InChI is InChI=1S/C15H16N2O2.C7H6ClNO/c18-15(19)12-5-4-11-2-1-3-14(13(11)10-12)17-8-6-16-7-9-17;8-6-3-1-5(2-4-6)7(9)10/h1-5,10,16H,6-9H2,(H,18,19);1-4H,(H2,9,10). The number of aromatic carboxylic acids is 1. The first-order valence-corrected chi connectivity index (χ1v) is 9.60. The van der Waals surface area contributed by atoms with Crippen molar-refractivity contribution in [1.29, 1.82) is 0 Å². The smallest absolute Gasteiger partial charge is 0.335 e. The van der Waals surface area contributed by atoms with Gasteiger partial charge in [0.1, 0.15) is 0 Å². The Balaban J connectivity index is 0.000000204. The lowest BCUT2D eigenvalue weighted by Gasteiger charge is -2.30. The van der Waals surface area contributed by atoms with Gasteiger partial charge in [-0.2, -0.15) is 0 Å². The van der Waals surface area contributed by atoms with Gasteiger partial charge in [0, 0.05) is 47.8 Å². The Morgan fingerprint density at radius 2 is 1.62 bits per heavy atom. The average molecular weight is 412 g/mol. The van der Waals surface area contributed by atoms with Crippen LogP contribution in [0.5, 0.6) is 0 Å². The van der Waals surface area contributed by atoms with E-state index in [2.05, 4.69) is 16.3 Å². The van der Waals surface area contributed by atoms with E-state index in [0.29, 0.717) is 16.1 Å². The maximum absolute atomic E-state index is 11.1. The van der Waals surface area contributed by atoms with Gasteiger partial charge in [-0.3, -0.25) is 4.79 Å². The number of primary amides is 1. The lowest BCUT2D eigenvalue weighted by Crippen LogP contribution is -2.43. The third-order valence-corrected chi connectivity index (χ3v) is 4.94. The van der Waals surface area contributed by atoms with E-state index in [-0.39, 0.29) is 0 Å². The first kappa shape index (κ1) is 20.6. The van der Waals surface area contributed by atoms with Crippen molar-refractivity contribution in [2.24, 2.45) is 5.73 Å². The first-order valence-electron chi connectivity index (χ1n) is 9.23. The summed E-state index contributed by atoms with van der Waals surface area (Å²) in [5.41, 5.74) is 6.93. The lowest BCUT2D eigenvalue weighted by molar-refractivity contribution is 0.0697. The van der Waals surface area contributed by atoms with E-state index in [1.54, 1.807) is 36.4 Å². The number of hydrogen-bond acceptors (Lipinski definition) is 4. The molecule has 0 spiro atoms. The molecule has 29 heavy (non-hydrogen) atoms. The van der Waals surface area contributed by atoms with E-state index in [9.17, 15) is 9.59 Å². The van der Waals surface area contributed by atoms with Gasteiger partial charge in [0.2, 0.25) is 5.91 Å². The number of carboxylic acid groups (broad SMARTS) is 1. The van der Waals surface area contributed by atoms with Crippen molar-refractivity contribution in [3.8, 4) is 0 Å². The van der Waals surface area contributed by atoms with E-state index in [4.69, 9.17) is 22.4 Å². The molecule has 1 aliphatic rings. The molecule has 1 heterocycles. The van der Waals surface area contributed by atoms with Gasteiger partial charge >= 0.3 is 5.97 Å². The fourth-order valence-electron chi connectivity index (χ4n) is 3.18. The van der Waals surface area contributed by atoms with Crippen LogP contribution in [0.3, 0.4) is 0 Å². The summed E-state index contributed by atoms with van der Waals surface area (Å²) in [7, 11) is 0. The minimum Gasteiger partial charge on any atom is -0.478 e. The molecule has 4 rings (SSSR count). The Bertz CT molecular complexity index is 1020. The Morgan fingerprint density at radius 3 is 2.24 bits per heavy atom. The Kier molecular flexibility index (Phi) is 6.69. The zero-order valence-corrected chi connectivity index (χ0v) is 16.5. The van der Waals surface area contributed by atoms with Crippen LogP contribution in [0, 0.1) is 0 Å². The van der Waals surface area contributed by atoms with Crippen LogP contribution in [0.15, 0.2) is 60.7 Å². The highest BCUT2D eigenvalue weighted by molar-refractivity contribution is 6.30. The van der Waals surface area contributed by atoms with Gasteiger partial charge in [0.15, 0.2) is 0 Å². The number of amides is 1. The quantitative estimate of drug-likeness (QED) is 0.614. The minimum absolute atomic E-state index is 0.343. The second kappa shape index (κ2) is 9.41. The SMILES string of the molecule is NC(=O)c1ccc(Cl)cc1.O=C(O)c1ccc2cccc(N3CCNCC3)c2c1. The number of piperazine rings is 1. The summed E-state index contributed by atoms with van der Waals surface area (Å²) in [6, 6.07) is 17.9. The number of benzene rings is 3. The molecule has 6 nitrogen and oxygen atoms in total. The molecule has 0 radical (unpaired) electrons. The summed E-state index contributed by atoms with van der Waals surface area (Å²) in [4.78, 5) is 23.9. The molecule has 0 aliphatic carbocycles. The highest BCUT2D eigenvalue weighted by atomic mass is 35.5. The minimum atomic E-state index is -0.878. The van der Waals surface area contributed by atoms with Gasteiger partial charge < -0.3 is 21.1 Å². The number of nitrogens with one attached hydrogen (secondary N) is 1. The van der Waals surface area contributed by atoms with Gasteiger partial charge in [0.05, 0.1) is 5.56 Å². The molecule has 1 amide bonds. The van der Waals surface area contributed by atoms with E-state index < -0.39 is 11.9 Å². The van der Waals surface area contributed by atoms with E-state index in [1.807, 2.05) is 18.2 Å². The number of anilines is 1. The summed E-state index contributed by atoms with van der Waals surface area (Å²) < 4.78 is 0. The zero-order chi connectivity index (χ0) is 20.8. The molecule has 0 aromatic heterocycles. The Labute approximate surface area is 173 Å². The average Bonchev–Trinajstić information content (AvgIpc) is 2.74. The molecule has 1 saturated heterocycles. The molecular formula is C22H22ClN3O3. The lowest BCUT2D eigenvalue weighted by atomic mass is 10.0. The monoisotopic (exact) mass is 411 g/mol. The molecule has 0 atom stereocenters. The van der Waals surface area contributed by atoms with Crippen molar-refractivity contribution < 1.29 is 14.7 Å². The summed E-state index contributed by atoms with van der Waals surface area (Å²) in [6.07, 6.45) is 0. The van der Waals surface area contributed by atoms with Crippen LogP contribution in [-0.2, 0) is 0 Å². The largest absolute Gasteiger partial charge is 0.478 e. The molecule has 4 N–H and O–H groups in total. The second-order valence-corrected chi connectivity index (χ2v) is 7.06. The predicted molar refractivity (Wildman–Crippen MR) is 116 cm³/mol. The van der Waals surface area contributed by atoms with Crippen LogP contribution in [0.25, 0.3) is 10.8 Å². The van der Waals surface area contributed by atoms with Crippen LogP contribution in [0.1, 0.15) is 20.7 Å². The van der Waals surface area contributed by atoms with Crippen molar-refractivity contribution >= 4 is 39.9 Å². The van der Waals surface area contributed by atoms with Crippen molar-refractivity contribution in [3.05, 3.63) is 76.8 Å². The number of carbonyl (C=O) groups excluding carboxylic acids is 1. The van der Waals surface area contributed by atoms with Crippen LogP contribution in [-0.4, -0.2) is 43.2 Å². The van der Waals surface area contributed by atoms with Crippen LogP contribution >= 0.6 is 11.6 Å². The highest BCUT2D eigenvalue weighted by Gasteiger charge is 2.14. The number of nitrogens with zero attached hydrogens (tertiary/aromatic N) is 1. The third-order valence-electron chi connectivity index (χ3n) is 4.69. The predicted octanol–water partition coefficient (Wildman–Crippen LogP) is 3.39. The first-order chi connectivity index (χ1) is 14.0. The fraction of sp³-hybridized carbons (Fsp3) is 0.182. The Hall–Kier alpha value is -3.09. The maximum Gasteiger partial charge on any atom is 0.335 e. The van der Waals surface area contributed by atoms with Gasteiger partial charge in [-0.25, -0.2) is 4.79 Å². The summed E-state index contributed by atoms with van der Waals surface area (Å²) in [6.45, 7) is 3.84. The fourth-order valence-corrected chi connectivity index (χ4v) is 3.31. The number of carboxylic acids is 1. The number of nitrogens with two attached hydrogens (primary N) is 1. The molecular weight excluding hydrogens is 390 g/mol.